The first kappa shape index (κ1) is 22.4. The summed E-state index contributed by atoms with van der Waals surface area (Å²) in [6, 6.07) is 15.3. The standard InChI is InChI=1S/C25H19FN6O2S/c1-2-11-32-18-10-6-4-8-15(18)25(23(32)34)16(12-27)20(28)29-21-19(25)22(33)31-24(30-21)35-13-14-7-3-5-9-17(14)26/h2-10H,1,11,13,28H2,(H2,29,30,31,33)/t25-/m1/s1. The molecule has 1 spiro atoms. The molecular formula is C25H19FN6O2S. The van der Waals surface area contributed by atoms with Crippen molar-refractivity contribution in [2.75, 3.05) is 16.8 Å². The Bertz CT molecular complexity index is 1520. The van der Waals surface area contributed by atoms with E-state index in [1.54, 1.807) is 48.5 Å². The predicted molar refractivity (Wildman–Crippen MR) is 131 cm³/mol. The maximum Gasteiger partial charge on any atom is 0.258 e. The van der Waals surface area contributed by atoms with Gasteiger partial charge < -0.3 is 20.9 Å². The van der Waals surface area contributed by atoms with Gasteiger partial charge in [0.05, 0.1) is 11.1 Å². The average molecular weight is 487 g/mol. The Morgan fingerprint density at radius 3 is 2.71 bits per heavy atom. The molecule has 5 rings (SSSR count). The Morgan fingerprint density at radius 2 is 1.97 bits per heavy atom. The van der Waals surface area contributed by atoms with E-state index in [2.05, 4.69) is 21.9 Å². The van der Waals surface area contributed by atoms with Crippen LogP contribution in [0, 0.1) is 17.1 Å². The first-order chi connectivity index (χ1) is 16.9. The molecule has 2 aliphatic heterocycles. The normalized spacial score (nSPS) is 18.2. The maximum absolute atomic E-state index is 14.0. The molecule has 1 atom stereocenters. The number of nitrogens with two attached hydrogens (primary N) is 1. The van der Waals surface area contributed by atoms with Crippen LogP contribution < -0.4 is 21.5 Å². The van der Waals surface area contributed by atoms with E-state index < -0.39 is 16.9 Å². The lowest BCUT2D eigenvalue weighted by Gasteiger charge is -2.34. The largest absolute Gasteiger partial charge is 0.384 e. The van der Waals surface area contributed by atoms with E-state index in [1.165, 1.54) is 11.0 Å². The van der Waals surface area contributed by atoms with Crippen LogP contribution in [0.3, 0.4) is 0 Å². The molecule has 0 aliphatic carbocycles. The summed E-state index contributed by atoms with van der Waals surface area (Å²) in [5, 5.41) is 13.1. The minimum atomic E-state index is -1.76. The van der Waals surface area contributed by atoms with Crippen molar-refractivity contribution >= 4 is 29.2 Å². The fourth-order valence-corrected chi connectivity index (χ4v) is 5.48. The molecule has 2 aromatic carbocycles. The van der Waals surface area contributed by atoms with Crippen molar-refractivity contribution in [2.24, 2.45) is 5.73 Å². The number of aromatic nitrogens is 2. The number of rotatable bonds is 5. The summed E-state index contributed by atoms with van der Waals surface area (Å²) >= 11 is 1.13. The van der Waals surface area contributed by atoms with Crippen LogP contribution in [-0.4, -0.2) is 22.4 Å². The second kappa shape index (κ2) is 8.45. The molecule has 8 nitrogen and oxygen atoms in total. The molecule has 0 radical (unpaired) electrons. The molecule has 0 bridgehead atoms. The highest BCUT2D eigenvalue weighted by Crippen LogP contribution is 2.53. The fourth-order valence-electron chi connectivity index (χ4n) is 4.63. The molecule has 1 amide bonds. The Labute approximate surface area is 204 Å². The van der Waals surface area contributed by atoms with Crippen LogP contribution in [0.15, 0.2) is 82.5 Å². The molecule has 10 heteroatoms. The van der Waals surface area contributed by atoms with Gasteiger partial charge in [0.1, 0.15) is 28.9 Å². The number of nitriles is 1. The second-order valence-electron chi connectivity index (χ2n) is 7.97. The number of H-pyrrole nitrogens is 1. The number of fused-ring (bicyclic) bond motifs is 4. The minimum absolute atomic E-state index is 0.0116. The van der Waals surface area contributed by atoms with Gasteiger partial charge in [0.2, 0.25) is 5.91 Å². The molecule has 3 heterocycles. The molecule has 2 aliphatic rings. The molecule has 4 N–H and O–H groups in total. The number of hydrogen-bond acceptors (Lipinski definition) is 7. The summed E-state index contributed by atoms with van der Waals surface area (Å²) in [4.78, 5) is 36.2. The van der Waals surface area contributed by atoms with Crippen molar-refractivity contribution in [1.82, 2.24) is 9.97 Å². The number of nitrogens with zero attached hydrogens (tertiary/aromatic N) is 3. The van der Waals surface area contributed by atoms with Crippen LogP contribution in [0.5, 0.6) is 0 Å². The summed E-state index contributed by atoms with van der Waals surface area (Å²) < 4.78 is 14.0. The van der Waals surface area contributed by atoms with Gasteiger partial charge in [-0.1, -0.05) is 54.2 Å². The first-order valence-electron chi connectivity index (χ1n) is 10.6. The minimum Gasteiger partial charge on any atom is -0.384 e. The van der Waals surface area contributed by atoms with Crippen molar-refractivity contribution < 1.29 is 9.18 Å². The van der Waals surface area contributed by atoms with Crippen molar-refractivity contribution in [1.29, 1.82) is 5.26 Å². The first-order valence-corrected chi connectivity index (χ1v) is 11.6. The van der Waals surface area contributed by atoms with Crippen LogP contribution >= 0.6 is 11.8 Å². The zero-order valence-electron chi connectivity index (χ0n) is 18.3. The van der Waals surface area contributed by atoms with E-state index in [0.717, 1.165) is 11.8 Å². The number of anilines is 2. The number of benzene rings is 2. The lowest BCUT2D eigenvalue weighted by atomic mass is 9.69. The third-order valence-electron chi connectivity index (χ3n) is 6.08. The molecule has 3 aromatic rings. The van der Waals surface area contributed by atoms with Crippen molar-refractivity contribution in [3.8, 4) is 6.07 Å². The Morgan fingerprint density at radius 1 is 1.23 bits per heavy atom. The maximum atomic E-state index is 14.0. The quantitative estimate of drug-likeness (QED) is 0.287. The molecule has 174 valence electrons. The van der Waals surface area contributed by atoms with Crippen LogP contribution in [0.25, 0.3) is 0 Å². The van der Waals surface area contributed by atoms with Crippen LogP contribution in [0.1, 0.15) is 16.7 Å². The van der Waals surface area contributed by atoms with Crippen LogP contribution in [0.2, 0.25) is 0 Å². The average Bonchev–Trinajstić information content (AvgIpc) is 3.07. The van der Waals surface area contributed by atoms with Gasteiger partial charge in [0, 0.05) is 23.5 Å². The van der Waals surface area contributed by atoms with Crippen molar-refractivity contribution in [3.63, 3.8) is 0 Å². The third kappa shape index (κ3) is 3.24. The molecule has 0 unspecified atom stereocenters. The number of carbonyl (C=O) groups is 1. The Kier molecular flexibility index (Phi) is 5.42. The van der Waals surface area contributed by atoms with Crippen LogP contribution in [-0.2, 0) is 16.0 Å². The van der Waals surface area contributed by atoms with Gasteiger partial charge in [-0.05, 0) is 17.7 Å². The molecular weight excluding hydrogens is 467 g/mol. The molecule has 35 heavy (non-hydrogen) atoms. The third-order valence-corrected chi connectivity index (χ3v) is 7.00. The number of nitrogens with one attached hydrogen (secondary N) is 2. The SMILES string of the molecule is C=CCN1C(=O)[C@@]2(C(C#N)=C(N)Nc3nc(SCc4ccccc4F)[nH]c(=O)c32)c2ccccc21. The molecule has 0 saturated heterocycles. The van der Waals surface area contributed by atoms with Gasteiger partial charge in [-0.2, -0.15) is 5.26 Å². The van der Waals surface area contributed by atoms with E-state index in [0.29, 0.717) is 16.8 Å². The van der Waals surface area contributed by atoms with E-state index in [1.807, 2.05) is 6.07 Å². The summed E-state index contributed by atoms with van der Waals surface area (Å²) in [5.41, 5.74) is 5.27. The van der Waals surface area contributed by atoms with E-state index in [-0.39, 0.29) is 46.0 Å². The zero-order chi connectivity index (χ0) is 24.7. The number of aromatic amines is 1. The number of para-hydroxylation sites is 1. The van der Waals surface area contributed by atoms with Gasteiger partial charge in [0.25, 0.3) is 5.56 Å². The summed E-state index contributed by atoms with van der Waals surface area (Å²) in [7, 11) is 0. The number of thioether (sulfide) groups is 1. The summed E-state index contributed by atoms with van der Waals surface area (Å²) in [5.74, 6) is -0.612. The van der Waals surface area contributed by atoms with Crippen molar-refractivity contribution in [2.45, 2.75) is 16.3 Å². The number of hydrogen-bond donors (Lipinski definition) is 3. The molecule has 1 aromatic heterocycles. The number of amides is 1. The topological polar surface area (TPSA) is 128 Å². The lowest BCUT2D eigenvalue weighted by Crippen LogP contribution is -2.49. The summed E-state index contributed by atoms with van der Waals surface area (Å²) in [6.45, 7) is 3.91. The van der Waals surface area contributed by atoms with Gasteiger partial charge in [-0.3, -0.25) is 9.59 Å². The number of halogens is 1. The van der Waals surface area contributed by atoms with E-state index >= 15 is 0 Å². The monoisotopic (exact) mass is 486 g/mol. The molecule has 0 fully saturated rings. The highest BCUT2D eigenvalue weighted by atomic mass is 32.2. The van der Waals surface area contributed by atoms with Gasteiger partial charge in [0.15, 0.2) is 5.16 Å². The Hall–Kier alpha value is -4.36. The second-order valence-corrected chi connectivity index (χ2v) is 8.94. The van der Waals surface area contributed by atoms with Gasteiger partial charge >= 0.3 is 0 Å². The Balaban J connectivity index is 1.69. The molecule has 0 saturated carbocycles. The number of carbonyl (C=O) groups excluding carboxylic acids is 1. The smallest absolute Gasteiger partial charge is 0.258 e. The highest BCUT2D eigenvalue weighted by molar-refractivity contribution is 7.98. The van der Waals surface area contributed by atoms with E-state index in [4.69, 9.17) is 5.73 Å². The zero-order valence-corrected chi connectivity index (χ0v) is 19.2. The van der Waals surface area contributed by atoms with Crippen molar-refractivity contribution in [3.05, 3.63) is 105 Å². The predicted octanol–water partition coefficient (Wildman–Crippen LogP) is 3.14. The van der Waals surface area contributed by atoms with Gasteiger partial charge in [-0.25, -0.2) is 9.37 Å². The van der Waals surface area contributed by atoms with Gasteiger partial charge in [-0.15, -0.1) is 6.58 Å². The van der Waals surface area contributed by atoms with E-state index in [9.17, 15) is 19.2 Å². The summed E-state index contributed by atoms with van der Waals surface area (Å²) in [6.07, 6.45) is 1.57. The fraction of sp³-hybridized carbons (Fsp3) is 0.120. The lowest BCUT2D eigenvalue weighted by molar-refractivity contribution is -0.120. The van der Waals surface area contributed by atoms with Crippen LogP contribution in [0.4, 0.5) is 15.9 Å². The highest BCUT2D eigenvalue weighted by Gasteiger charge is 2.59.